The zero-order valence-electron chi connectivity index (χ0n) is 24.5. The average Bonchev–Trinajstić information content (AvgIpc) is 3.55. The third-order valence-corrected chi connectivity index (χ3v) is 8.78. The quantitative estimate of drug-likeness (QED) is 0.202. The van der Waals surface area contributed by atoms with Crippen molar-refractivity contribution < 1.29 is 19.0 Å². The Kier molecular flexibility index (Phi) is 8.41. The van der Waals surface area contributed by atoms with Gasteiger partial charge in [-0.2, -0.15) is 0 Å². The van der Waals surface area contributed by atoms with Crippen LogP contribution in [0.15, 0.2) is 94.5 Å². The van der Waals surface area contributed by atoms with Gasteiger partial charge in [0.2, 0.25) is 0 Å². The van der Waals surface area contributed by atoms with Gasteiger partial charge in [-0.3, -0.25) is 9.36 Å². The molecule has 2 aromatic heterocycles. The number of thiazole rings is 1. The minimum absolute atomic E-state index is 0.245. The predicted octanol–water partition coefficient (Wildman–Crippen LogP) is 5.47. The minimum atomic E-state index is -0.766. The van der Waals surface area contributed by atoms with Crippen molar-refractivity contribution in [1.29, 1.82) is 0 Å². The lowest BCUT2D eigenvalue weighted by Gasteiger charge is -2.23. The van der Waals surface area contributed by atoms with E-state index >= 15 is 0 Å². The number of halogens is 1. The summed E-state index contributed by atoms with van der Waals surface area (Å²) in [6.45, 7) is 5.26. The monoisotopic (exact) mass is 627 g/mol. The largest absolute Gasteiger partial charge is 0.490 e. The summed E-state index contributed by atoms with van der Waals surface area (Å²) in [6.07, 6.45) is 5.40. The van der Waals surface area contributed by atoms with Crippen LogP contribution in [0.5, 0.6) is 11.5 Å². The van der Waals surface area contributed by atoms with E-state index in [0.29, 0.717) is 51.2 Å². The van der Waals surface area contributed by atoms with E-state index in [1.165, 1.54) is 24.6 Å². The van der Waals surface area contributed by atoms with Crippen LogP contribution in [0.25, 0.3) is 17.0 Å². The van der Waals surface area contributed by atoms with Gasteiger partial charge >= 0.3 is 5.97 Å². The first-order valence-electron chi connectivity index (χ1n) is 14.2. The highest BCUT2D eigenvalue weighted by Gasteiger charge is 2.31. The number of nitrogens with zero attached hydrogens (tertiary/aromatic N) is 3. The summed E-state index contributed by atoms with van der Waals surface area (Å²) in [5, 5.41) is 1.70. The highest BCUT2D eigenvalue weighted by Crippen LogP contribution is 2.35. The maximum Gasteiger partial charge on any atom is 0.337 e. The Morgan fingerprint density at radius 1 is 1.02 bits per heavy atom. The van der Waals surface area contributed by atoms with Gasteiger partial charge in [-0.05, 0) is 55.3 Å². The Bertz CT molecular complexity index is 2090. The number of hydrogen-bond acceptors (Lipinski definition) is 7. The number of esters is 1. The molecule has 0 bridgehead atoms. The van der Waals surface area contributed by atoms with Gasteiger partial charge in [0.1, 0.15) is 0 Å². The van der Waals surface area contributed by atoms with Crippen LogP contribution >= 0.6 is 22.9 Å². The second-order valence-electron chi connectivity index (χ2n) is 10.1. The van der Waals surface area contributed by atoms with Crippen LogP contribution in [-0.2, 0) is 16.1 Å². The van der Waals surface area contributed by atoms with Gasteiger partial charge in [0.05, 0.1) is 36.5 Å². The van der Waals surface area contributed by atoms with E-state index in [2.05, 4.69) is 15.6 Å². The molecular weight excluding hydrogens is 598 g/mol. The fourth-order valence-corrected chi connectivity index (χ4v) is 6.62. The number of hydrogen-bond donors (Lipinski definition) is 0. The van der Waals surface area contributed by atoms with Gasteiger partial charge in [-0.1, -0.05) is 65.4 Å². The molecule has 6 rings (SSSR count). The lowest BCUT2D eigenvalue weighted by Crippen LogP contribution is -2.39. The summed E-state index contributed by atoms with van der Waals surface area (Å²) in [6, 6.07) is 20.5. The van der Waals surface area contributed by atoms with Crippen LogP contribution in [-0.4, -0.2) is 35.4 Å². The average molecular weight is 628 g/mol. The molecule has 0 amide bonds. The van der Waals surface area contributed by atoms with Crippen LogP contribution < -0.4 is 24.4 Å². The number of ether oxygens (including phenoxy) is 3. The van der Waals surface area contributed by atoms with Crippen molar-refractivity contribution >= 4 is 45.9 Å². The molecule has 3 heterocycles. The second kappa shape index (κ2) is 12.6. The number of para-hydroxylation sites is 1. The molecule has 0 N–H and O–H groups in total. The second-order valence-corrected chi connectivity index (χ2v) is 11.5. The standard InChI is InChI=1S/C34H30ClN3O5S/c1-4-42-28-15-14-21(16-29(28)43-5-2)31-25(33(40)41-3)18-36-34-38(31)32(39)30(44-34)17-23-20-37(27-13-9-7-11-24(23)27)19-22-10-6-8-12-26(22)35/h6-18,20,31H,4-5,19H2,1-3H3/b30-17+/t31-/m1/s1. The number of fused-ring (bicyclic) bond motifs is 2. The molecule has 0 aliphatic carbocycles. The Morgan fingerprint density at radius 2 is 1.77 bits per heavy atom. The SMILES string of the molecule is CCOc1ccc([C@@H]2C(C(=O)OC)=CN=c3s/c(=C/c4cn(Cc5ccccc5Cl)c5ccccc45)c(=O)n32)cc1OCC. The number of carbonyl (C=O) groups is 1. The molecule has 5 aromatic rings. The molecule has 0 unspecified atom stereocenters. The summed E-state index contributed by atoms with van der Waals surface area (Å²) in [7, 11) is 1.31. The molecule has 8 nitrogen and oxygen atoms in total. The molecule has 224 valence electrons. The lowest BCUT2D eigenvalue weighted by atomic mass is 9.97. The van der Waals surface area contributed by atoms with E-state index in [0.717, 1.165) is 22.0 Å². The van der Waals surface area contributed by atoms with Crippen LogP contribution in [0.1, 0.15) is 36.6 Å². The van der Waals surface area contributed by atoms with E-state index < -0.39 is 12.0 Å². The number of methoxy groups -OCH3 is 1. The first-order chi connectivity index (χ1) is 21.4. The first kappa shape index (κ1) is 29.5. The van der Waals surface area contributed by atoms with E-state index in [9.17, 15) is 9.59 Å². The van der Waals surface area contributed by atoms with Crippen molar-refractivity contribution in [2.45, 2.75) is 26.4 Å². The summed E-state index contributed by atoms with van der Waals surface area (Å²) in [5.74, 6) is 0.548. The van der Waals surface area contributed by atoms with Crippen LogP contribution in [0.2, 0.25) is 5.02 Å². The highest BCUT2D eigenvalue weighted by atomic mass is 35.5. The predicted molar refractivity (Wildman–Crippen MR) is 172 cm³/mol. The van der Waals surface area contributed by atoms with Gasteiger partial charge in [0.15, 0.2) is 16.3 Å². The van der Waals surface area contributed by atoms with E-state index in [1.807, 2.05) is 74.7 Å². The van der Waals surface area contributed by atoms with Crippen molar-refractivity contribution in [3.63, 3.8) is 0 Å². The zero-order chi connectivity index (χ0) is 30.8. The van der Waals surface area contributed by atoms with Crippen LogP contribution in [0.4, 0.5) is 0 Å². The molecule has 0 saturated heterocycles. The third-order valence-electron chi connectivity index (χ3n) is 7.41. The normalized spacial score (nSPS) is 14.6. The topological polar surface area (TPSA) is 84.0 Å². The lowest BCUT2D eigenvalue weighted by molar-refractivity contribution is -0.136. The van der Waals surface area contributed by atoms with E-state index in [4.69, 9.17) is 25.8 Å². The molecule has 1 aliphatic heterocycles. The molecule has 0 saturated carbocycles. The Balaban J connectivity index is 1.49. The smallest absolute Gasteiger partial charge is 0.337 e. The number of aromatic nitrogens is 2. The van der Waals surface area contributed by atoms with E-state index in [1.54, 1.807) is 16.7 Å². The molecule has 44 heavy (non-hydrogen) atoms. The Morgan fingerprint density at radius 3 is 2.55 bits per heavy atom. The van der Waals surface area contributed by atoms with Gasteiger partial charge in [-0.15, -0.1) is 0 Å². The third kappa shape index (κ3) is 5.44. The van der Waals surface area contributed by atoms with Gasteiger partial charge < -0.3 is 18.8 Å². The molecule has 10 heteroatoms. The molecule has 0 spiro atoms. The van der Waals surface area contributed by atoms with Crippen molar-refractivity contribution in [2.24, 2.45) is 4.99 Å². The summed E-state index contributed by atoms with van der Waals surface area (Å²) >= 11 is 7.75. The fourth-order valence-electron chi connectivity index (χ4n) is 5.46. The van der Waals surface area contributed by atoms with Crippen molar-refractivity contribution in [1.82, 2.24) is 9.13 Å². The van der Waals surface area contributed by atoms with Gasteiger partial charge in [0, 0.05) is 40.4 Å². The Labute approximate surface area is 262 Å². The van der Waals surface area contributed by atoms with Gasteiger partial charge in [0.25, 0.3) is 5.56 Å². The van der Waals surface area contributed by atoms with E-state index in [-0.39, 0.29) is 11.1 Å². The maximum absolute atomic E-state index is 14.1. The minimum Gasteiger partial charge on any atom is -0.490 e. The number of carbonyl (C=O) groups excluding carboxylic acids is 1. The maximum atomic E-state index is 14.1. The molecule has 1 aliphatic rings. The molecule has 0 radical (unpaired) electrons. The summed E-state index contributed by atoms with van der Waals surface area (Å²) < 4.78 is 20.9. The summed E-state index contributed by atoms with van der Waals surface area (Å²) in [5.41, 5.74) is 3.57. The first-order valence-corrected chi connectivity index (χ1v) is 15.4. The zero-order valence-corrected chi connectivity index (χ0v) is 26.0. The number of rotatable bonds is 9. The fraction of sp³-hybridized carbons (Fsp3) is 0.206. The van der Waals surface area contributed by atoms with Crippen molar-refractivity contribution in [2.75, 3.05) is 20.3 Å². The molecule has 0 fully saturated rings. The van der Waals surface area contributed by atoms with Gasteiger partial charge in [-0.25, -0.2) is 9.79 Å². The number of benzene rings is 3. The van der Waals surface area contributed by atoms with Crippen molar-refractivity contribution in [3.05, 3.63) is 126 Å². The Hall–Kier alpha value is -4.60. The van der Waals surface area contributed by atoms with Crippen LogP contribution in [0.3, 0.4) is 0 Å². The van der Waals surface area contributed by atoms with Crippen molar-refractivity contribution in [3.8, 4) is 11.5 Å². The van der Waals surface area contributed by atoms with Crippen LogP contribution in [0, 0.1) is 0 Å². The highest BCUT2D eigenvalue weighted by molar-refractivity contribution is 7.07. The molecule has 1 atom stereocenters. The summed E-state index contributed by atoms with van der Waals surface area (Å²) in [4.78, 5) is 32.1. The molecular formula is C34H30ClN3O5S. The molecule has 3 aromatic carbocycles.